The maximum atomic E-state index is 13.5. The maximum absolute atomic E-state index is 13.5. The molecular formula is C25H25Cl2N3O2. The molecule has 4 rings (SSSR count). The van der Waals surface area contributed by atoms with E-state index in [0.717, 1.165) is 11.3 Å². The molecule has 0 spiro atoms. The van der Waals surface area contributed by atoms with Crippen molar-refractivity contribution in [1.82, 2.24) is 10.3 Å². The van der Waals surface area contributed by atoms with Gasteiger partial charge < -0.3 is 10.6 Å². The van der Waals surface area contributed by atoms with Crippen LogP contribution in [-0.4, -0.2) is 16.7 Å². The number of hydrogen-bond donors (Lipinski definition) is 2. The van der Waals surface area contributed by atoms with Crippen LogP contribution in [0.25, 0.3) is 0 Å². The molecule has 166 valence electrons. The number of benzene rings is 1. The van der Waals surface area contributed by atoms with E-state index in [9.17, 15) is 9.59 Å². The smallest absolute Gasteiger partial charge is 0.255 e. The lowest BCUT2D eigenvalue weighted by Gasteiger charge is -2.39. The Morgan fingerprint density at radius 2 is 1.91 bits per heavy atom. The molecule has 0 fully saturated rings. The Kier molecular flexibility index (Phi) is 5.91. The van der Waals surface area contributed by atoms with Crippen LogP contribution < -0.4 is 10.6 Å². The number of nitrogens with one attached hydrogen (secondary N) is 2. The van der Waals surface area contributed by atoms with E-state index in [4.69, 9.17) is 23.2 Å². The zero-order chi connectivity index (χ0) is 23.2. The van der Waals surface area contributed by atoms with Crippen LogP contribution in [0.3, 0.4) is 0 Å². The van der Waals surface area contributed by atoms with E-state index in [2.05, 4.69) is 29.5 Å². The highest BCUT2D eigenvalue weighted by Gasteiger charge is 2.43. The molecule has 0 saturated heterocycles. The first-order valence-corrected chi connectivity index (χ1v) is 11.2. The first-order valence-electron chi connectivity index (χ1n) is 10.5. The first kappa shape index (κ1) is 22.6. The van der Waals surface area contributed by atoms with Gasteiger partial charge in [-0.3, -0.25) is 9.59 Å². The summed E-state index contributed by atoms with van der Waals surface area (Å²) >= 11 is 12.9. The number of pyridine rings is 1. The third-order valence-corrected chi connectivity index (χ3v) is 6.49. The van der Waals surface area contributed by atoms with Crippen LogP contribution in [0.4, 0.5) is 5.82 Å². The lowest BCUT2D eigenvalue weighted by atomic mass is 9.68. The second kappa shape index (κ2) is 8.38. The molecular weight excluding hydrogens is 445 g/mol. The van der Waals surface area contributed by atoms with Gasteiger partial charge in [-0.15, -0.1) is 0 Å². The Labute approximate surface area is 197 Å². The van der Waals surface area contributed by atoms with Crippen molar-refractivity contribution < 1.29 is 9.59 Å². The summed E-state index contributed by atoms with van der Waals surface area (Å²) in [5, 5.41) is 7.18. The molecule has 2 aromatic rings. The molecule has 1 aliphatic heterocycles. The quantitative estimate of drug-likeness (QED) is 0.583. The van der Waals surface area contributed by atoms with Gasteiger partial charge in [-0.25, -0.2) is 4.98 Å². The van der Waals surface area contributed by atoms with Gasteiger partial charge in [-0.2, -0.15) is 0 Å². The van der Waals surface area contributed by atoms with E-state index in [1.807, 2.05) is 19.9 Å². The summed E-state index contributed by atoms with van der Waals surface area (Å²) in [4.78, 5) is 31.1. The van der Waals surface area contributed by atoms with Crippen molar-refractivity contribution in [3.05, 3.63) is 80.2 Å². The molecule has 1 unspecified atom stereocenters. The Morgan fingerprint density at radius 1 is 1.16 bits per heavy atom. The molecule has 2 heterocycles. The Morgan fingerprint density at radius 3 is 2.62 bits per heavy atom. The van der Waals surface area contributed by atoms with Crippen LogP contribution in [0.5, 0.6) is 0 Å². The number of aryl methyl sites for hydroxylation is 1. The summed E-state index contributed by atoms with van der Waals surface area (Å²) in [6.07, 6.45) is 2.74. The van der Waals surface area contributed by atoms with Gasteiger partial charge >= 0.3 is 0 Å². The fourth-order valence-corrected chi connectivity index (χ4v) is 4.98. The molecule has 32 heavy (non-hydrogen) atoms. The average molecular weight is 470 g/mol. The van der Waals surface area contributed by atoms with Crippen molar-refractivity contribution in [3.8, 4) is 0 Å². The highest BCUT2D eigenvalue weighted by atomic mass is 35.5. The molecule has 1 aromatic carbocycles. The lowest BCUT2D eigenvalue weighted by molar-refractivity contribution is -0.118. The van der Waals surface area contributed by atoms with Crippen LogP contribution in [0.1, 0.15) is 50.7 Å². The minimum Gasteiger partial charge on any atom is -0.362 e. The average Bonchev–Trinajstić information content (AvgIpc) is 2.67. The van der Waals surface area contributed by atoms with Crippen molar-refractivity contribution in [2.75, 3.05) is 5.32 Å². The molecule has 0 bridgehead atoms. The van der Waals surface area contributed by atoms with Gasteiger partial charge in [0.25, 0.3) is 5.91 Å². The summed E-state index contributed by atoms with van der Waals surface area (Å²) in [7, 11) is 0. The molecule has 5 nitrogen and oxygen atoms in total. The monoisotopic (exact) mass is 469 g/mol. The zero-order valence-electron chi connectivity index (χ0n) is 18.5. The van der Waals surface area contributed by atoms with Crippen molar-refractivity contribution >= 4 is 40.7 Å². The number of ketones is 1. The van der Waals surface area contributed by atoms with E-state index in [0.29, 0.717) is 51.1 Å². The topological polar surface area (TPSA) is 71.1 Å². The van der Waals surface area contributed by atoms with Crippen LogP contribution in [-0.2, 0) is 9.59 Å². The second-order valence-corrected chi connectivity index (χ2v) is 10.1. The van der Waals surface area contributed by atoms with Crippen LogP contribution >= 0.6 is 23.2 Å². The number of Topliss-reactive ketones (excluding diaryl/α,β-unsaturated/α-hetero) is 1. The Balaban J connectivity index is 1.85. The van der Waals surface area contributed by atoms with Gasteiger partial charge in [0.1, 0.15) is 5.82 Å². The van der Waals surface area contributed by atoms with Gasteiger partial charge in [0, 0.05) is 51.1 Å². The number of dihydropyridines is 1. The third-order valence-electron chi connectivity index (χ3n) is 5.91. The van der Waals surface area contributed by atoms with Crippen molar-refractivity contribution in [2.24, 2.45) is 5.41 Å². The number of anilines is 1. The minimum absolute atomic E-state index is 0.0104. The maximum Gasteiger partial charge on any atom is 0.255 e. The summed E-state index contributed by atoms with van der Waals surface area (Å²) in [6, 6.07) is 8.79. The molecule has 0 saturated carbocycles. The number of carbonyl (C=O) groups is 2. The van der Waals surface area contributed by atoms with Crippen LogP contribution in [0.15, 0.2) is 59.1 Å². The van der Waals surface area contributed by atoms with Crippen LogP contribution in [0.2, 0.25) is 10.0 Å². The number of carbonyl (C=O) groups excluding carboxylic acids is 2. The normalized spacial score (nSPS) is 20.1. The lowest BCUT2D eigenvalue weighted by Crippen LogP contribution is -2.39. The second-order valence-electron chi connectivity index (χ2n) is 9.27. The molecule has 2 N–H and O–H groups in total. The number of hydrogen-bond acceptors (Lipinski definition) is 4. The minimum atomic E-state index is -0.620. The fraction of sp³-hybridized carbons (Fsp3) is 0.320. The van der Waals surface area contributed by atoms with Gasteiger partial charge in [-0.1, -0.05) is 37.0 Å². The standard InChI is InChI=1S/C25H25Cl2N3O2/c1-13-7-8-28-20(9-13)30-24(32)21-14(2)29-18-11-25(3,4)12-19(31)23(18)22(21)16-10-15(26)5-6-17(16)27/h5-10,22,29H,11-12H2,1-4H3,(H,28,30,32). The number of nitrogens with zero attached hydrogens (tertiary/aromatic N) is 1. The molecule has 7 heteroatoms. The summed E-state index contributed by atoms with van der Waals surface area (Å²) in [5.74, 6) is -0.498. The number of amides is 1. The van der Waals surface area contributed by atoms with Gasteiger partial charge in [0.2, 0.25) is 0 Å². The molecule has 1 amide bonds. The predicted octanol–water partition coefficient (Wildman–Crippen LogP) is 5.94. The largest absolute Gasteiger partial charge is 0.362 e. The van der Waals surface area contributed by atoms with E-state index in [-0.39, 0.29) is 17.1 Å². The van der Waals surface area contributed by atoms with E-state index < -0.39 is 5.92 Å². The third kappa shape index (κ3) is 4.32. The number of aromatic nitrogens is 1. The summed E-state index contributed by atoms with van der Waals surface area (Å²) < 4.78 is 0. The van der Waals surface area contributed by atoms with Crippen molar-refractivity contribution in [1.29, 1.82) is 0 Å². The summed E-state index contributed by atoms with van der Waals surface area (Å²) in [5.41, 5.74) is 3.99. The predicted molar refractivity (Wildman–Crippen MR) is 128 cm³/mol. The molecule has 0 radical (unpaired) electrons. The Bertz CT molecular complexity index is 1200. The SMILES string of the molecule is CC1=C(C(=O)Nc2cc(C)ccn2)C(c2cc(Cl)ccc2Cl)C2=C(CC(C)(C)CC2=O)N1. The van der Waals surface area contributed by atoms with Crippen molar-refractivity contribution in [3.63, 3.8) is 0 Å². The highest BCUT2D eigenvalue weighted by Crippen LogP contribution is 2.48. The highest BCUT2D eigenvalue weighted by molar-refractivity contribution is 6.34. The van der Waals surface area contributed by atoms with Gasteiger partial charge in [-0.05, 0) is 67.1 Å². The molecule has 1 atom stereocenters. The fourth-order valence-electron chi connectivity index (χ4n) is 4.57. The van der Waals surface area contributed by atoms with E-state index in [1.165, 1.54) is 0 Å². The Hall–Kier alpha value is -2.63. The number of halogens is 2. The molecule has 2 aliphatic rings. The van der Waals surface area contributed by atoms with E-state index >= 15 is 0 Å². The van der Waals surface area contributed by atoms with Crippen LogP contribution in [0, 0.1) is 12.3 Å². The van der Waals surface area contributed by atoms with Gasteiger partial charge in [0.15, 0.2) is 5.78 Å². The molecule has 1 aromatic heterocycles. The zero-order valence-corrected chi connectivity index (χ0v) is 20.0. The molecule has 1 aliphatic carbocycles. The number of allylic oxidation sites excluding steroid dienone is 3. The summed E-state index contributed by atoms with van der Waals surface area (Å²) in [6.45, 7) is 7.92. The van der Waals surface area contributed by atoms with E-state index in [1.54, 1.807) is 30.5 Å². The van der Waals surface area contributed by atoms with Crippen molar-refractivity contribution in [2.45, 2.75) is 46.5 Å². The number of rotatable bonds is 3. The first-order chi connectivity index (χ1) is 15.1. The van der Waals surface area contributed by atoms with Gasteiger partial charge in [0.05, 0.1) is 0 Å².